The molecule has 26 heavy (non-hydrogen) atoms. The fraction of sp³-hybridized carbons (Fsp3) is 0.474. The quantitative estimate of drug-likeness (QED) is 0.471. The summed E-state index contributed by atoms with van der Waals surface area (Å²) in [5.41, 5.74) is 0.819. The lowest BCUT2D eigenvalue weighted by molar-refractivity contribution is 0.186. The van der Waals surface area contributed by atoms with E-state index < -0.39 is 6.10 Å². The number of imidazole rings is 1. The van der Waals surface area contributed by atoms with Gasteiger partial charge < -0.3 is 25.0 Å². The van der Waals surface area contributed by atoms with Gasteiger partial charge in [0.1, 0.15) is 5.75 Å². The Bertz CT molecular complexity index is 653. The number of hydrogen-bond donors (Lipinski definition) is 3. The number of aliphatic imine (C=N–C) groups is 1. The highest BCUT2D eigenvalue weighted by molar-refractivity contribution is 5.79. The number of aliphatic hydroxyl groups is 1. The van der Waals surface area contributed by atoms with Gasteiger partial charge in [-0.3, -0.25) is 4.99 Å². The van der Waals surface area contributed by atoms with Crippen molar-refractivity contribution in [2.75, 3.05) is 19.6 Å². The number of aromatic nitrogens is 2. The molecule has 2 aromatic rings. The zero-order valence-corrected chi connectivity index (χ0v) is 15.7. The van der Waals surface area contributed by atoms with E-state index in [0.29, 0.717) is 5.96 Å². The molecule has 0 saturated carbocycles. The number of nitrogens with zero attached hydrogens (tertiary/aromatic N) is 3. The van der Waals surface area contributed by atoms with Crippen LogP contribution in [0.15, 0.2) is 48.0 Å². The smallest absolute Gasteiger partial charge is 0.191 e. The third kappa shape index (κ3) is 6.76. The maximum atomic E-state index is 10.4. The first kappa shape index (κ1) is 19.8. The minimum absolute atomic E-state index is 0.131. The molecule has 142 valence electrons. The Labute approximate surface area is 155 Å². The lowest BCUT2D eigenvalue weighted by Gasteiger charge is -2.14. The Kier molecular flexibility index (Phi) is 7.95. The standard InChI is InChI=1S/C19H29N5O2/c1-4-21-19(22-10-12-24-11-9-20-14-24)23-13-18(25)16-5-7-17(8-6-16)26-15(2)3/h5-9,11,14-15,18,25H,4,10,12-13H2,1-3H3,(H2,21,22,23). The van der Waals surface area contributed by atoms with Crippen LogP contribution in [0.1, 0.15) is 32.4 Å². The van der Waals surface area contributed by atoms with Gasteiger partial charge in [0.15, 0.2) is 5.96 Å². The molecular formula is C19H29N5O2. The first-order valence-electron chi connectivity index (χ1n) is 9.01. The van der Waals surface area contributed by atoms with E-state index in [1.165, 1.54) is 0 Å². The maximum Gasteiger partial charge on any atom is 0.191 e. The Morgan fingerprint density at radius 1 is 1.27 bits per heavy atom. The molecule has 3 N–H and O–H groups in total. The number of benzene rings is 1. The van der Waals surface area contributed by atoms with Crippen LogP contribution in [-0.2, 0) is 6.54 Å². The number of hydrogen-bond acceptors (Lipinski definition) is 4. The molecule has 0 aliphatic carbocycles. The van der Waals surface area contributed by atoms with Crippen LogP contribution in [-0.4, -0.2) is 46.4 Å². The number of ether oxygens (including phenoxy) is 1. The fourth-order valence-electron chi connectivity index (χ4n) is 2.39. The molecule has 2 rings (SSSR count). The van der Waals surface area contributed by atoms with Gasteiger partial charge in [-0.25, -0.2) is 4.98 Å². The van der Waals surface area contributed by atoms with Crippen molar-refractivity contribution in [2.24, 2.45) is 4.99 Å². The largest absolute Gasteiger partial charge is 0.491 e. The van der Waals surface area contributed by atoms with Gasteiger partial charge in [-0.1, -0.05) is 12.1 Å². The molecule has 1 atom stereocenters. The van der Waals surface area contributed by atoms with E-state index in [0.717, 1.165) is 30.9 Å². The van der Waals surface area contributed by atoms with E-state index in [1.54, 1.807) is 12.5 Å². The number of rotatable bonds is 9. The van der Waals surface area contributed by atoms with E-state index in [1.807, 2.05) is 55.8 Å². The van der Waals surface area contributed by atoms with Crippen molar-refractivity contribution in [3.63, 3.8) is 0 Å². The molecule has 0 radical (unpaired) electrons. The van der Waals surface area contributed by atoms with Crippen molar-refractivity contribution in [1.82, 2.24) is 20.2 Å². The lowest BCUT2D eigenvalue weighted by Crippen LogP contribution is -2.39. The second kappa shape index (κ2) is 10.5. The minimum atomic E-state index is -0.660. The molecule has 1 aromatic carbocycles. The Morgan fingerprint density at radius 2 is 2.04 bits per heavy atom. The second-order valence-corrected chi connectivity index (χ2v) is 6.20. The van der Waals surface area contributed by atoms with E-state index in [2.05, 4.69) is 20.6 Å². The highest BCUT2D eigenvalue weighted by atomic mass is 16.5. The monoisotopic (exact) mass is 359 g/mol. The predicted octanol–water partition coefficient (Wildman–Crippen LogP) is 1.96. The summed E-state index contributed by atoms with van der Waals surface area (Å²) in [5, 5.41) is 16.8. The van der Waals surface area contributed by atoms with E-state index in [9.17, 15) is 5.11 Å². The maximum absolute atomic E-state index is 10.4. The van der Waals surface area contributed by atoms with Crippen LogP contribution >= 0.6 is 0 Å². The highest BCUT2D eigenvalue weighted by Crippen LogP contribution is 2.19. The van der Waals surface area contributed by atoms with Crippen molar-refractivity contribution in [1.29, 1.82) is 0 Å². The van der Waals surface area contributed by atoms with Gasteiger partial charge in [-0.15, -0.1) is 0 Å². The van der Waals surface area contributed by atoms with Gasteiger partial charge in [0.05, 0.1) is 25.1 Å². The van der Waals surface area contributed by atoms with E-state index >= 15 is 0 Å². The van der Waals surface area contributed by atoms with Gasteiger partial charge in [-0.05, 0) is 38.5 Å². The van der Waals surface area contributed by atoms with Gasteiger partial charge in [-0.2, -0.15) is 0 Å². The predicted molar refractivity (Wildman–Crippen MR) is 103 cm³/mol. The second-order valence-electron chi connectivity index (χ2n) is 6.20. The van der Waals surface area contributed by atoms with Crippen LogP contribution in [0.2, 0.25) is 0 Å². The topological polar surface area (TPSA) is 83.7 Å². The average molecular weight is 359 g/mol. The van der Waals surface area contributed by atoms with Crippen molar-refractivity contribution >= 4 is 5.96 Å². The molecule has 1 aromatic heterocycles. The van der Waals surface area contributed by atoms with Crippen LogP contribution in [0, 0.1) is 0 Å². The molecule has 0 aliphatic heterocycles. The zero-order valence-electron chi connectivity index (χ0n) is 15.7. The fourth-order valence-corrected chi connectivity index (χ4v) is 2.39. The molecule has 1 heterocycles. The van der Waals surface area contributed by atoms with Crippen molar-refractivity contribution in [3.8, 4) is 5.75 Å². The normalized spacial score (nSPS) is 12.9. The van der Waals surface area contributed by atoms with Crippen molar-refractivity contribution in [2.45, 2.75) is 39.5 Å². The summed E-state index contributed by atoms with van der Waals surface area (Å²) in [5.74, 6) is 1.49. The van der Waals surface area contributed by atoms with Gasteiger partial charge in [0.2, 0.25) is 0 Å². The summed E-state index contributed by atoms with van der Waals surface area (Å²) in [6.07, 6.45) is 4.93. The molecule has 0 bridgehead atoms. The summed E-state index contributed by atoms with van der Waals surface area (Å²) in [4.78, 5) is 8.49. The Hall–Kier alpha value is -2.54. The summed E-state index contributed by atoms with van der Waals surface area (Å²) in [6.45, 7) is 8.54. The SMILES string of the molecule is CCNC(=NCC(O)c1ccc(OC(C)C)cc1)NCCn1ccnc1. The van der Waals surface area contributed by atoms with Gasteiger partial charge >= 0.3 is 0 Å². The van der Waals surface area contributed by atoms with Gasteiger partial charge in [0, 0.05) is 32.0 Å². The molecule has 1 unspecified atom stereocenters. The molecule has 0 aliphatic rings. The minimum Gasteiger partial charge on any atom is -0.491 e. The van der Waals surface area contributed by atoms with Crippen LogP contribution in [0.25, 0.3) is 0 Å². The molecule has 0 saturated heterocycles. The number of aliphatic hydroxyl groups excluding tert-OH is 1. The zero-order chi connectivity index (χ0) is 18.8. The molecule has 7 nitrogen and oxygen atoms in total. The molecule has 0 amide bonds. The van der Waals surface area contributed by atoms with Crippen LogP contribution in [0.4, 0.5) is 0 Å². The first-order chi connectivity index (χ1) is 12.6. The summed E-state index contributed by atoms with van der Waals surface area (Å²) >= 11 is 0. The Balaban J connectivity index is 1.86. The molecule has 7 heteroatoms. The first-order valence-corrected chi connectivity index (χ1v) is 9.01. The van der Waals surface area contributed by atoms with Crippen molar-refractivity contribution < 1.29 is 9.84 Å². The third-order valence-electron chi connectivity index (χ3n) is 3.62. The molecular weight excluding hydrogens is 330 g/mol. The molecule has 0 spiro atoms. The Morgan fingerprint density at radius 3 is 2.65 bits per heavy atom. The number of nitrogens with one attached hydrogen (secondary N) is 2. The van der Waals surface area contributed by atoms with Crippen LogP contribution in [0.3, 0.4) is 0 Å². The van der Waals surface area contributed by atoms with Crippen LogP contribution in [0.5, 0.6) is 5.75 Å². The summed E-state index contributed by atoms with van der Waals surface area (Å²) in [6, 6.07) is 7.49. The average Bonchev–Trinajstić information content (AvgIpc) is 3.13. The van der Waals surface area contributed by atoms with E-state index in [4.69, 9.17) is 4.74 Å². The van der Waals surface area contributed by atoms with E-state index in [-0.39, 0.29) is 12.6 Å². The molecule has 0 fully saturated rings. The van der Waals surface area contributed by atoms with Crippen LogP contribution < -0.4 is 15.4 Å². The summed E-state index contributed by atoms with van der Waals surface area (Å²) < 4.78 is 7.61. The number of guanidine groups is 1. The highest BCUT2D eigenvalue weighted by Gasteiger charge is 2.08. The van der Waals surface area contributed by atoms with Gasteiger partial charge in [0.25, 0.3) is 0 Å². The third-order valence-corrected chi connectivity index (χ3v) is 3.62. The summed E-state index contributed by atoms with van der Waals surface area (Å²) in [7, 11) is 0. The lowest BCUT2D eigenvalue weighted by atomic mass is 10.1. The van der Waals surface area contributed by atoms with Crippen molar-refractivity contribution in [3.05, 3.63) is 48.5 Å².